The Hall–Kier alpha value is -0.480. The van der Waals surface area contributed by atoms with Gasteiger partial charge in [-0.2, -0.15) is 0 Å². The first-order valence-electron chi connectivity index (χ1n) is 4.87. The van der Waals surface area contributed by atoms with Crippen LogP contribution >= 0.6 is 22.5 Å². The van der Waals surface area contributed by atoms with E-state index in [1.807, 2.05) is 25.1 Å². The molecule has 84 valence electrons. The number of methoxy groups -OCH3 is 1. The average Bonchev–Trinajstić information content (AvgIpc) is 2.29. The maximum Gasteiger partial charge on any atom is 0.161 e. The molecule has 0 saturated carbocycles. The van der Waals surface area contributed by atoms with E-state index in [9.17, 15) is 0 Å². The van der Waals surface area contributed by atoms with E-state index in [-0.39, 0.29) is 6.10 Å². The molecule has 0 aliphatic carbocycles. The number of benzene rings is 1. The molecule has 0 aromatic heterocycles. The predicted molar refractivity (Wildman–Crippen MR) is 68.2 cm³/mol. The van der Waals surface area contributed by atoms with Crippen LogP contribution < -0.4 is 9.47 Å². The molecule has 2 nitrogen and oxygen atoms in total. The molecule has 4 heteroatoms. The summed E-state index contributed by atoms with van der Waals surface area (Å²) < 4.78 is 11.0. The van der Waals surface area contributed by atoms with Crippen LogP contribution in [0, 0.1) is 0 Å². The molecule has 0 fully saturated rings. The van der Waals surface area contributed by atoms with Crippen molar-refractivity contribution in [1.82, 2.24) is 0 Å². The van der Waals surface area contributed by atoms with E-state index in [1.165, 1.54) is 10.8 Å². The topological polar surface area (TPSA) is 18.5 Å². The average molecular weight is 244 g/mol. The van der Waals surface area contributed by atoms with Crippen molar-refractivity contribution in [2.75, 3.05) is 7.11 Å². The van der Waals surface area contributed by atoms with Gasteiger partial charge in [0.25, 0.3) is 0 Å². The highest BCUT2D eigenvalue weighted by Crippen LogP contribution is 2.33. The fourth-order valence-electron chi connectivity index (χ4n) is 1.10. The molecule has 1 aromatic rings. The van der Waals surface area contributed by atoms with Crippen molar-refractivity contribution in [3.8, 4) is 11.5 Å². The van der Waals surface area contributed by atoms with Gasteiger partial charge in [0.05, 0.1) is 13.2 Å². The number of rotatable bonds is 5. The summed E-state index contributed by atoms with van der Waals surface area (Å²) in [6.07, 6.45) is 1.18. The van der Waals surface area contributed by atoms with E-state index in [1.54, 1.807) is 7.11 Å². The largest absolute Gasteiger partial charge is 0.493 e. The number of hydrogen-bond acceptors (Lipinski definition) is 4. The number of ether oxygens (including phenoxy) is 2. The molecule has 0 amide bonds. The Morgan fingerprint density at radius 2 is 2.13 bits per heavy atom. The first kappa shape index (κ1) is 12.6. The summed E-state index contributed by atoms with van der Waals surface area (Å²) in [5.74, 6) is 1.55. The minimum absolute atomic E-state index is 0.202. The Labute approximate surface area is 100 Å². The third kappa shape index (κ3) is 3.54. The molecule has 0 bridgehead atoms. The Balaban J connectivity index is 2.87. The molecule has 0 N–H and O–H groups in total. The van der Waals surface area contributed by atoms with Crippen LogP contribution in [0.3, 0.4) is 0 Å². The van der Waals surface area contributed by atoms with Crippen LogP contribution in [0.1, 0.15) is 20.3 Å². The first-order valence-corrected chi connectivity index (χ1v) is 6.74. The normalized spacial score (nSPS) is 12.3. The van der Waals surface area contributed by atoms with Crippen molar-refractivity contribution < 1.29 is 9.47 Å². The van der Waals surface area contributed by atoms with Gasteiger partial charge in [0, 0.05) is 4.90 Å². The summed E-state index contributed by atoms with van der Waals surface area (Å²) in [5.41, 5.74) is 0. The third-order valence-electron chi connectivity index (χ3n) is 2.14. The van der Waals surface area contributed by atoms with Crippen molar-refractivity contribution in [2.45, 2.75) is 31.3 Å². The van der Waals surface area contributed by atoms with Gasteiger partial charge in [0.15, 0.2) is 11.5 Å². The Kier molecular flexibility index (Phi) is 5.19. The summed E-state index contributed by atoms with van der Waals surface area (Å²) in [6, 6.07) is 5.82. The van der Waals surface area contributed by atoms with Crippen LogP contribution in [0.5, 0.6) is 11.5 Å². The molecule has 1 atom stereocenters. The van der Waals surface area contributed by atoms with E-state index >= 15 is 0 Å². The summed E-state index contributed by atoms with van der Waals surface area (Å²) in [5, 5.41) is 0. The molecule has 0 aliphatic heterocycles. The van der Waals surface area contributed by atoms with Crippen molar-refractivity contribution in [3.63, 3.8) is 0 Å². The van der Waals surface area contributed by atoms with Crippen molar-refractivity contribution in [1.29, 1.82) is 0 Å². The zero-order chi connectivity index (χ0) is 11.3. The Morgan fingerprint density at radius 1 is 1.40 bits per heavy atom. The van der Waals surface area contributed by atoms with Gasteiger partial charge in [0.1, 0.15) is 0 Å². The van der Waals surface area contributed by atoms with Crippen LogP contribution in [0.15, 0.2) is 23.1 Å². The quantitative estimate of drug-likeness (QED) is 0.627. The molecular weight excluding hydrogens is 228 g/mol. The molecule has 1 aromatic carbocycles. The lowest BCUT2D eigenvalue weighted by Crippen LogP contribution is -2.10. The molecule has 1 rings (SSSR count). The van der Waals surface area contributed by atoms with Crippen LogP contribution in [-0.4, -0.2) is 13.2 Å². The lowest BCUT2D eigenvalue weighted by molar-refractivity contribution is 0.207. The van der Waals surface area contributed by atoms with Gasteiger partial charge in [-0.15, -0.1) is 11.7 Å². The van der Waals surface area contributed by atoms with Gasteiger partial charge in [-0.25, -0.2) is 0 Å². The predicted octanol–water partition coefficient (Wildman–Crippen LogP) is 3.81. The first-order chi connectivity index (χ1) is 7.21. The molecule has 15 heavy (non-hydrogen) atoms. The molecule has 1 unspecified atom stereocenters. The molecule has 0 spiro atoms. The summed E-state index contributed by atoms with van der Waals surface area (Å²) in [4.78, 5) is 1.05. The lowest BCUT2D eigenvalue weighted by Gasteiger charge is -2.15. The van der Waals surface area contributed by atoms with Crippen LogP contribution in [0.25, 0.3) is 0 Å². The highest BCUT2D eigenvalue weighted by atomic mass is 33.1. The summed E-state index contributed by atoms with van der Waals surface area (Å²) >= 11 is 4.14. The Morgan fingerprint density at radius 3 is 2.67 bits per heavy atom. The Bertz CT molecular complexity index is 315. The zero-order valence-corrected chi connectivity index (χ0v) is 10.9. The monoisotopic (exact) mass is 244 g/mol. The molecule has 0 heterocycles. The molecule has 0 aliphatic rings. The SMILES string of the molecule is CCC(C)Oc1ccc(SS)cc1OC. The van der Waals surface area contributed by atoms with E-state index in [0.717, 1.165) is 22.8 Å². The third-order valence-corrected chi connectivity index (χ3v) is 3.24. The highest BCUT2D eigenvalue weighted by molar-refractivity contribution is 8.68. The minimum Gasteiger partial charge on any atom is -0.493 e. The van der Waals surface area contributed by atoms with Crippen LogP contribution in [-0.2, 0) is 0 Å². The number of thiol groups is 1. The molecule has 0 saturated heterocycles. The van der Waals surface area contributed by atoms with Gasteiger partial charge in [-0.1, -0.05) is 17.7 Å². The van der Waals surface area contributed by atoms with E-state index in [0.29, 0.717) is 0 Å². The van der Waals surface area contributed by atoms with E-state index in [2.05, 4.69) is 18.6 Å². The minimum atomic E-state index is 0.202. The van der Waals surface area contributed by atoms with Gasteiger partial charge >= 0.3 is 0 Å². The van der Waals surface area contributed by atoms with Crippen LogP contribution in [0.4, 0.5) is 0 Å². The van der Waals surface area contributed by atoms with Gasteiger partial charge in [-0.3, -0.25) is 0 Å². The molecule has 0 radical (unpaired) electrons. The van der Waals surface area contributed by atoms with E-state index < -0.39 is 0 Å². The summed E-state index contributed by atoms with van der Waals surface area (Å²) in [6.45, 7) is 4.13. The zero-order valence-electron chi connectivity index (χ0n) is 9.19. The second-order valence-corrected chi connectivity index (χ2v) is 4.44. The second-order valence-electron chi connectivity index (χ2n) is 3.24. The maximum atomic E-state index is 5.73. The standard InChI is InChI=1S/C11H16O2S2/c1-4-8(2)13-10-6-5-9(15-14)7-11(10)12-3/h5-8,14H,4H2,1-3H3. The van der Waals surface area contributed by atoms with E-state index in [4.69, 9.17) is 9.47 Å². The number of hydrogen-bond donors (Lipinski definition) is 1. The fraction of sp³-hybridized carbons (Fsp3) is 0.455. The molecular formula is C11H16O2S2. The highest BCUT2D eigenvalue weighted by Gasteiger charge is 2.08. The van der Waals surface area contributed by atoms with Gasteiger partial charge < -0.3 is 9.47 Å². The van der Waals surface area contributed by atoms with Gasteiger partial charge in [0.2, 0.25) is 0 Å². The smallest absolute Gasteiger partial charge is 0.161 e. The second kappa shape index (κ2) is 6.18. The van der Waals surface area contributed by atoms with Crippen molar-refractivity contribution in [3.05, 3.63) is 18.2 Å². The van der Waals surface area contributed by atoms with Gasteiger partial charge in [-0.05, 0) is 31.5 Å². The lowest BCUT2D eigenvalue weighted by atomic mass is 10.3. The van der Waals surface area contributed by atoms with Crippen molar-refractivity contribution in [2.24, 2.45) is 0 Å². The maximum absolute atomic E-state index is 5.73. The van der Waals surface area contributed by atoms with Crippen LogP contribution in [0.2, 0.25) is 0 Å². The summed E-state index contributed by atoms with van der Waals surface area (Å²) in [7, 11) is 3.04. The van der Waals surface area contributed by atoms with Crippen molar-refractivity contribution >= 4 is 22.5 Å². The fourth-order valence-corrected chi connectivity index (χ4v) is 1.73.